The maximum atomic E-state index is 12.8. The Morgan fingerprint density at radius 3 is 2.43 bits per heavy atom. The number of nitrogens with zero attached hydrogens (tertiary/aromatic N) is 1. The van der Waals surface area contributed by atoms with Crippen molar-refractivity contribution in [1.29, 1.82) is 0 Å². The van der Waals surface area contributed by atoms with Crippen LogP contribution in [0.4, 0.5) is 0 Å². The van der Waals surface area contributed by atoms with Gasteiger partial charge < -0.3 is 19.1 Å². The zero-order valence-electron chi connectivity index (χ0n) is 15.7. The third-order valence-corrected chi connectivity index (χ3v) is 5.91. The summed E-state index contributed by atoms with van der Waals surface area (Å²) in [4.78, 5) is 15.2. The van der Waals surface area contributed by atoms with Gasteiger partial charge in [-0.3, -0.25) is 4.79 Å². The fourth-order valence-corrected chi connectivity index (χ4v) is 4.28. The molecule has 1 saturated heterocycles. The highest BCUT2D eigenvalue weighted by Gasteiger charge is 2.43. The van der Waals surface area contributed by atoms with Crippen LogP contribution in [0.5, 0.6) is 17.2 Å². The Morgan fingerprint density at radius 1 is 0.964 bits per heavy atom. The van der Waals surface area contributed by atoms with E-state index >= 15 is 0 Å². The number of ketones is 1. The molecule has 0 atom stereocenters. The van der Waals surface area contributed by atoms with E-state index in [2.05, 4.69) is 35.2 Å². The molecular weight excluding hydrogens is 378 g/mol. The number of ether oxygens (including phenoxy) is 3. The van der Waals surface area contributed by atoms with Crippen molar-refractivity contribution < 1.29 is 19.0 Å². The van der Waals surface area contributed by atoms with E-state index in [1.54, 1.807) is 6.07 Å². The van der Waals surface area contributed by atoms with Gasteiger partial charge in [0.25, 0.3) is 0 Å². The summed E-state index contributed by atoms with van der Waals surface area (Å²) in [5, 5.41) is 0. The number of carbonyl (C=O) groups is 1. The van der Waals surface area contributed by atoms with Crippen LogP contribution in [0, 0.1) is 0 Å². The summed E-state index contributed by atoms with van der Waals surface area (Å²) in [5.41, 5.74) is 1.62. The maximum Gasteiger partial charge on any atom is 0.231 e. The molecule has 0 radical (unpaired) electrons. The molecular formula is C22H24ClNO4. The Kier molecular flexibility index (Phi) is 5.21. The van der Waals surface area contributed by atoms with Gasteiger partial charge in [-0.05, 0) is 18.1 Å². The molecule has 3 aliphatic heterocycles. The molecule has 0 N–H and O–H groups in total. The zero-order valence-corrected chi connectivity index (χ0v) is 16.5. The predicted molar refractivity (Wildman–Crippen MR) is 108 cm³/mol. The molecule has 3 aliphatic rings. The van der Waals surface area contributed by atoms with Crippen molar-refractivity contribution in [3.63, 3.8) is 0 Å². The highest BCUT2D eigenvalue weighted by molar-refractivity contribution is 6.01. The van der Waals surface area contributed by atoms with E-state index in [1.165, 1.54) is 5.56 Å². The normalized spacial score (nSPS) is 19.6. The first kappa shape index (κ1) is 19.1. The topological polar surface area (TPSA) is 48.0 Å². The summed E-state index contributed by atoms with van der Waals surface area (Å²) in [6, 6.07) is 14.2. The van der Waals surface area contributed by atoms with Gasteiger partial charge in [0.15, 0.2) is 17.3 Å². The minimum Gasteiger partial charge on any atom is -0.486 e. The molecule has 0 amide bonds. The van der Waals surface area contributed by atoms with Crippen LogP contribution in [0.2, 0.25) is 0 Å². The lowest BCUT2D eigenvalue weighted by Crippen LogP contribution is -2.51. The molecule has 5 nitrogen and oxygen atoms in total. The number of likely N-dealkylation sites (tertiary alicyclic amines) is 1. The maximum absolute atomic E-state index is 12.8. The van der Waals surface area contributed by atoms with Crippen LogP contribution in [0.15, 0.2) is 42.5 Å². The smallest absolute Gasteiger partial charge is 0.231 e. The lowest BCUT2D eigenvalue weighted by Gasteiger charge is -2.44. The second kappa shape index (κ2) is 7.64. The van der Waals surface area contributed by atoms with Gasteiger partial charge in [0.05, 0.1) is 12.0 Å². The molecule has 0 aromatic heterocycles. The van der Waals surface area contributed by atoms with Crippen molar-refractivity contribution in [2.24, 2.45) is 0 Å². The van der Waals surface area contributed by atoms with Crippen molar-refractivity contribution in [2.45, 2.75) is 31.3 Å². The molecule has 5 rings (SSSR count). The van der Waals surface area contributed by atoms with Crippen LogP contribution in [0.1, 0.15) is 35.2 Å². The molecule has 2 aromatic carbocycles. The van der Waals surface area contributed by atoms with Gasteiger partial charge in [-0.15, -0.1) is 12.4 Å². The molecule has 1 fully saturated rings. The van der Waals surface area contributed by atoms with Crippen molar-refractivity contribution >= 4 is 18.2 Å². The summed E-state index contributed by atoms with van der Waals surface area (Å²) in [5.74, 6) is 2.09. The number of piperidine rings is 1. The van der Waals surface area contributed by atoms with E-state index in [9.17, 15) is 4.79 Å². The zero-order chi connectivity index (χ0) is 18.3. The van der Waals surface area contributed by atoms with Gasteiger partial charge >= 0.3 is 0 Å². The van der Waals surface area contributed by atoms with Gasteiger partial charge in [0.1, 0.15) is 11.4 Å². The summed E-state index contributed by atoms with van der Waals surface area (Å²) in [6.45, 7) is 3.16. The van der Waals surface area contributed by atoms with Crippen LogP contribution >= 0.6 is 12.4 Å². The average molecular weight is 402 g/mol. The van der Waals surface area contributed by atoms with E-state index in [1.807, 2.05) is 6.07 Å². The largest absolute Gasteiger partial charge is 0.486 e. The van der Waals surface area contributed by atoms with E-state index < -0.39 is 0 Å². The Labute approximate surface area is 171 Å². The predicted octanol–water partition coefficient (Wildman–Crippen LogP) is 3.88. The number of rotatable bonds is 3. The molecule has 0 aliphatic carbocycles. The number of carbonyl (C=O) groups excluding carboxylic acids is 1. The Hall–Kier alpha value is -2.24. The lowest BCUT2D eigenvalue weighted by molar-refractivity contribution is -0.00875. The second-order valence-corrected chi connectivity index (χ2v) is 7.66. The van der Waals surface area contributed by atoms with Gasteiger partial charge in [-0.2, -0.15) is 0 Å². The Balaban J connectivity index is 0.00000192. The number of fused-ring (bicyclic) bond motifs is 2. The fraction of sp³-hybridized carbons (Fsp3) is 0.409. The van der Waals surface area contributed by atoms with Crippen molar-refractivity contribution in [1.82, 2.24) is 4.90 Å². The lowest BCUT2D eigenvalue weighted by atomic mass is 9.82. The van der Waals surface area contributed by atoms with Crippen molar-refractivity contribution in [2.75, 3.05) is 26.4 Å². The molecule has 0 unspecified atom stereocenters. The first-order valence-corrected chi connectivity index (χ1v) is 9.63. The van der Waals surface area contributed by atoms with Gasteiger partial charge in [-0.25, -0.2) is 0 Å². The van der Waals surface area contributed by atoms with Gasteiger partial charge in [0.2, 0.25) is 6.79 Å². The highest BCUT2D eigenvalue weighted by atomic mass is 35.5. The molecule has 1 spiro atoms. The molecule has 2 aromatic rings. The molecule has 0 saturated carbocycles. The summed E-state index contributed by atoms with van der Waals surface area (Å²) in [7, 11) is 0. The summed E-state index contributed by atoms with van der Waals surface area (Å²) in [6.07, 6.45) is 3.26. The minimum atomic E-state index is -0.374. The molecule has 28 heavy (non-hydrogen) atoms. The molecule has 148 valence electrons. The Bertz CT molecular complexity index is 862. The summed E-state index contributed by atoms with van der Waals surface area (Å²) >= 11 is 0. The number of halogens is 1. The molecule has 6 heteroatoms. The van der Waals surface area contributed by atoms with Crippen LogP contribution in [-0.2, 0) is 6.42 Å². The Morgan fingerprint density at radius 2 is 1.68 bits per heavy atom. The highest BCUT2D eigenvalue weighted by Crippen LogP contribution is 2.45. The second-order valence-electron chi connectivity index (χ2n) is 7.66. The van der Waals surface area contributed by atoms with Crippen LogP contribution in [0.25, 0.3) is 0 Å². The van der Waals surface area contributed by atoms with E-state index in [-0.39, 0.29) is 30.6 Å². The van der Waals surface area contributed by atoms with E-state index in [0.717, 1.165) is 38.9 Å². The quantitative estimate of drug-likeness (QED) is 0.781. The first-order chi connectivity index (χ1) is 13.2. The van der Waals surface area contributed by atoms with Crippen molar-refractivity contribution in [3.05, 3.63) is 53.6 Å². The summed E-state index contributed by atoms with van der Waals surface area (Å²) < 4.78 is 17.2. The molecule has 3 heterocycles. The minimum absolute atomic E-state index is 0. The average Bonchev–Trinajstić information content (AvgIpc) is 3.14. The van der Waals surface area contributed by atoms with Crippen LogP contribution in [0.3, 0.4) is 0 Å². The SMILES string of the molecule is Cl.O=C1CC2(CCN(CCc3ccccc3)CC2)Oc2cc3c(cc21)OCO3. The first-order valence-electron chi connectivity index (χ1n) is 9.63. The van der Waals surface area contributed by atoms with Crippen molar-refractivity contribution in [3.8, 4) is 17.2 Å². The van der Waals surface area contributed by atoms with Gasteiger partial charge in [-0.1, -0.05) is 30.3 Å². The third kappa shape index (κ3) is 3.56. The standard InChI is InChI=1S/C22H23NO4.ClH/c24-18-14-22(27-19-13-21-20(12-17(18)19)25-15-26-21)7-10-23(11-8-22)9-6-16-4-2-1-3-5-16;/h1-5,12-13H,6-11,14-15H2;1H. The monoisotopic (exact) mass is 401 g/mol. The number of Topliss-reactive ketones (excluding diaryl/α,β-unsaturated/α-hetero) is 1. The number of benzene rings is 2. The van der Waals surface area contributed by atoms with Crippen LogP contribution in [-0.4, -0.2) is 42.7 Å². The fourth-order valence-electron chi connectivity index (χ4n) is 4.28. The third-order valence-electron chi connectivity index (χ3n) is 5.91. The molecule has 0 bridgehead atoms. The van der Waals surface area contributed by atoms with Crippen LogP contribution < -0.4 is 14.2 Å². The number of hydrogen-bond donors (Lipinski definition) is 0. The number of hydrogen-bond acceptors (Lipinski definition) is 5. The van der Waals surface area contributed by atoms with E-state index in [4.69, 9.17) is 14.2 Å². The van der Waals surface area contributed by atoms with E-state index in [0.29, 0.717) is 29.2 Å². The van der Waals surface area contributed by atoms with Gasteiger partial charge in [0, 0.05) is 38.5 Å².